The van der Waals surface area contributed by atoms with Gasteiger partial charge in [0, 0.05) is 18.3 Å². The Hall–Kier alpha value is -2.38. The van der Waals surface area contributed by atoms with Crippen LogP contribution in [0.25, 0.3) is 0 Å². The van der Waals surface area contributed by atoms with Crippen molar-refractivity contribution in [3.05, 3.63) is 11.8 Å². The monoisotopic (exact) mass is 282 g/mol. The molecule has 20 heavy (non-hydrogen) atoms. The maximum atomic E-state index is 11.6. The first-order chi connectivity index (χ1) is 9.46. The predicted octanol–water partition coefficient (Wildman–Crippen LogP) is 1.03. The number of carboxylic acid groups (broad SMARTS) is 1. The van der Waals surface area contributed by atoms with Gasteiger partial charge in [0.2, 0.25) is 11.8 Å². The summed E-state index contributed by atoms with van der Waals surface area (Å²) < 4.78 is 4.96. The third kappa shape index (κ3) is 4.71. The van der Waals surface area contributed by atoms with Crippen LogP contribution >= 0.6 is 0 Å². The van der Waals surface area contributed by atoms with Gasteiger partial charge in [-0.15, -0.1) is 0 Å². The molecule has 110 valence electrons. The fourth-order valence-electron chi connectivity index (χ4n) is 1.47. The quantitative estimate of drug-likeness (QED) is 0.718. The highest BCUT2D eigenvalue weighted by molar-refractivity contribution is 5.87. The number of anilines is 1. The SMILES string of the molecule is CCC(CNC(=O)Nc1nc(C)cc(OC)n1)C(=O)O. The number of hydrogen-bond donors (Lipinski definition) is 3. The Kier molecular flexibility index (Phi) is 5.70. The lowest BCUT2D eigenvalue weighted by atomic mass is 10.1. The van der Waals surface area contributed by atoms with Crippen molar-refractivity contribution in [3.8, 4) is 5.88 Å². The van der Waals surface area contributed by atoms with E-state index in [0.29, 0.717) is 18.0 Å². The number of carboxylic acids is 1. The largest absolute Gasteiger partial charge is 0.481 e. The van der Waals surface area contributed by atoms with Crippen molar-refractivity contribution in [2.45, 2.75) is 20.3 Å². The second-order valence-corrected chi connectivity index (χ2v) is 4.15. The summed E-state index contributed by atoms with van der Waals surface area (Å²) in [7, 11) is 1.46. The summed E-state index contributed by atoms with van der Waals surface area (Å²) in [5.74, 6) is -1.12. The van der Waals surface area contributed by atoms with E-state index in [4.69, 9.17) is 9.84 Å². The number of methoxy groups -OCH3 is 1. The number of urea groups is 1. The Balaban J connectivity index is 2.58. The van der Waals surface area contributed by atoms with Crippen molar-refractivity contribution in [3.63, 3.8) is 0 Å². The maximum Gasteiger partial charge on any atom is 0.321 e. The molecule has 0 aliphatic carbocycles. The first-order valence-corrected chi connectivity index (χ1v) is 6.13. The molecule has 1 aromatic heterocycles. The van der Waals surface area contributed by atoms with Gasteiger partial charge in [-0.3, -0.25) is 10.1 Å². The number of amides is 2. The summed E-state index contributed by atoms with van der Waals surface area (Å²) in [6, 6.07) is 1.07. The van der Waals surface area contributed by atoms with Gasteiger partial charge in [0.05, 0.1) is 13.0 Å². The Labute approximate surface area is 116 Å². The number of aliphatic carboxylic acids is 1. The Morgan fingerprint density at radius 2 is 2.15 bits per heavy atom. The highest BCUT2D eigenvalue weighted by Crippen LogP contribution is 2.11. The van der Waals surface area contributed by atoms with Crippen LogP contribution in [-0.2, 0) is 4.79 Å². The molecular formula is C12H18N4O4. The zero-order valence-corrected chi connectivity index (χ0v) is 11.6. The molecule has 0 saturated heterocycles. The van der Waals surface area contributed by atoms with Crippen molar-refractivity contribution in [1.29, 1.82) is 0 Å². The van der Waals surface area contributed by atoms with E-state index in [1.807, 2.05) is 0 Å². The van der Waals surface area contributed by atoms with Gasteiger partial charge in [0.1, 0.15) is 0 Å². The molecule has 1 unspecified atom stereocenters. The molecule has 1 aromatic rings. The maximum absolute atomic E-state index is 11.6. The van der Waals surface area contributed by atoms with E-state index in [1.54, 1.807) is 19.9 Å². The van der Waals surface area contributed by atoms with E-state index in [0.717, 1.165) is 0 Å². The average molecular weight is 282 g/mol. The van der Waals surface area contributed by atoms with Crippen LogP contribution < -0.4 is 15.4 Å². The molecule has 0 bridgehead atoms. The standard InChI is InChI=1S/C12H18N4O4/c1-4-8(10(17)18)6-13-12(19)16-11-14-7(2)5-9(15-11)20-3/h5,8H,4,6H2,1-3H3,(H,17,18)(H2,13,14,15,16,19). The normalized spacial score (nSPS) is 11.6. The summed E-state index contributed by atoms with van der Waals surface area (Å²) in [6.45, 7) is 3.53. The molecule has 1 rings (SSSR count). The van der Waals surface area contributed by atoms with Gasteiger partial charge in [-0.1, -0.05) is 6.92 Å². The highest BCUT2D eigenvalue weighted by atomic mass is 16.5. The lowest BCUT2D eigenvalue weighted by molar-refractivity contribution is -0.141. The van der Waals surface area contributed by atoms with E-state index < -0.39 is 17.9 Å². The molecule has 0 aliphatic rings. The van der Waals surface area contributed by atoms with E-state index in [9.17, 15) is 9.59 Å². The second-order valence-electron chi connectivity index (χ2n) is 4.15. The third-order valence-corrected chi connectivity index (χ3v) is 2.62. The minimum Gasteiger partial charge on any atom is -0.481 e. The van der Waals surface area contributed by atoms with Crippen LogP contribution in [-0.4, -0.2) is 40.7 Å². The van der Waals surface area contributed by atoms with E-state index >= 15 is 0 Å². The van der Waals surface area contributed by atoms with Gasteiger partial charge < -0.3 is 15.2 Å². The number of nitrogens with one attached hydrogen (secondary N) is 2. The Morgan fingerprint density at radius 1 is 1.45 bits per heavy atom. The zero-order valence-electron chi connectivity index (χ0n) is 11.6. The lowest BCUT2D eigenvalue weighted by Gasteiger charge is -2.11. The van der Waals surface area contributed by atoms with Gasteiger partial charge in [0.15, 0.2) is 0 Å². The molecule has 3 N–H and O–H groups in total. The van der Waals surface area contributed by atoms with Crippen LogP contribution in [0.4, 0.5) is 10.7 Å². The van der Waals surface area contributed by atoms with Crippen LogP contribution in [0.5, 0.6) is 5.88 Å². The van der Waals surface area contributed by atoms with E-state index in [2.05, 4.69) is 20.6 Å². The van der Waals surface area contributed by atoms with Crippen molar-refractivity contribution < 1.29 is 19.4 Å². The molecule has 8 heteroatoms. The number of aromatic nitrogens is 2. The molecule has 1 heterocycles. The van der Waals surface area contributed by atoms with Gasteiger partial charge in [-0.05, 0) is 13.3 Å². The molecule has 0 radical (unpaired) electrons. The molecular weight excluding hydrogens is 264 g/mol. The number of nitrogens with zero attached hydrogens (tertiary/aromatic N) is 2. The van der Waals surface area contributed by atoms with Gasteiger partial charge in [-0.25, -0.2) is 9.78 Å². The summed E-state index contributed by atoms with van der Waals surface area (Å²) in [5, 5.41) is 13.8. The summed E-state index contributed by atoms with van der Waals surface area (Å²) in [5.41, 5.74) is 0.643. The lowest BCUT2D eigenvalue weighted by Crippen LogP contribution is -2.36. The summed E-state index contributed by atoms with van der Waals surface area (Å²) in [6.07, 6.45) is 0.435. The molecule has 0 spiro atoms. The molecule has 8 nitrogen and oxygen atoms in total. The van der Waals surface area contributed by atoms with Crippen LogP contribution in [0.1, 0.15) is 19.0 Å². The number of aryl methyl sites for hydroxylation is 1. The number of carbonyl (C=O) groups is 2. The van der Waals surface area contributed by atoms with Crippen molar-refractivity contribution in [2.24, 2.45) is 5.92 Å². The molecule has 0 saturated carbocycles. The van der Waals surface area contributed by atoms with E-state index in [1.165, 1.54) is 7.11 Å². The van der Waals surface area contributed by atoms with Crippen molar-refractivity contribution >= 4 is 17.9 Å². The zero-order chi connectivity index (χ0) is 15.1. The highest BCUT2D eigenvalue weighted by Gasteiger charge is 2.16. The topological polar surface area (TPSA) is 113 Å². The number of ether oxygens (including phenoxy) is 1. The molecule has 0 fully saturated rings. The molecule has 0 aliphatic heterocycles. The molecule has 1 atom stereocenters. The Morgan fingerprint density at radius 3 is 2.70 bits per heavy atom. The minimum atomic E-state index is -0.943. The number of rotatable bonds is 6. The smallest absolute Gasteiger partial charge is 0.321 e. The van der Waals surface area contributed by atoms with E-state index in [-0.39, 0.29) is 12.5 Å². The van der Waals surface area contributed by atoms with Gasteiger partial charge >= 0.3 is 12.0 Å². The van der Waals surface area contributed by atoms with Gasteiger partial charge in [-0.2, -0.15) is 4.98 Å². The predicted molar refractivity (Wildman–Crippen MR) is 71.8 cm³/mol. The minimum absolute atomic E-state index is 0.0423. The number of hydrogen-bond acceptors (Lipinski definition) is 5. The average Bonchev–Trinajstić information content (AvgIpc) is 2.38. The van der Waals surface area contributed by atoms with Gasteiger partial charge in [0.25, 0.3) is 0 Å². The van der Waals surface area contributed by atoms with Crippen molar-refractivity contribution in [1.82, 2.24) is 15.3 Å². The fourth-order valence-corrected chi connectivity index (χ4v) is 1.47. The van der Waals surface area contributed by atoms with Crippen LogP contribution in [0.15, 0.2) is 6.07 Å². The summed E-state index contributed by atoms with van der Waals surface area (Å²) in [4.78, 5) is 30.4. The number of carbonyl (C=O) groups excluding carboxylic acids is 1. The first-order valence-electron chi connectivity index (χ1n) is 6.13. The Bertz CT molecular complexity index is 492. The first kappa shape index (κ1) is 15.7. The van der Waals surface area contributed by atoms with Crippen LogP contribution in [0, 0.1) is 12.8 Å². The summed E-state index contributed by atoms with van der Waals surface area (Å²) >= 11 is 0. The second kappa shape index (κ2) is 7.27. The van der Waals surface area contributed by atoms with Crippen molar-refractivity contribution in [2.75, 3.05) is 19.0 Å². The third-order valence-electron chi connectivity index (χ3n) is 2.62. The fraction of sp³-hybridized carbons (Fsp3) is 0.500. The van der Waals surface area contributed by atoms with Crippen LogP contribution in [0.3, 0.4) is 0 Å². The molecule has 0 aromatic carbocycles. The molecule has 2 amide bonds. The van der Waals surface area contributed by atoms with Crippen LogP contribution in [0.2, 0.25) is 0 Å².